The first kappa shape index (κ1) is 18.0. The lowest BCUT2D eigenvalue weighted by molar-refractivity contribution is 0.111. The summed E-state index contributed by atoms with van der Waals surface area (Å²) in [6, 6.07) is 8.24. The van der Waals surface area contributed by atoms with E-state index >= 15 is 0 Å². The second-order valence-electron chi connectivity index (χ2n) is 7.21. The molecule has 0 amide bonds. The molecule has 1 fully saturated rings. The normalized spacial score (nSPS) is 14.8. The molecule has 0 saturated heterocycles. The largest absolute Gasteiger partial charge is 0.368 e. The summed E-state index contributed by atoms with van der Waals surface area (Å²) < 4.78 is 5.45. The number of nitrogens with zero attached hydrogens (tertiary/aromatic N) is 6. The Balaban J connectivity index is 1.45. The van der Waals surface area contributed by atoms with Gasteiger partial charge in [-0.3, -0.25) is 4.79 Å². The Hall–Kier alpha value is -4.01. The zero-order valence-electron chi connectivity index (χ0n) is 15.9. The molecule has 3 heterocycles. The van der Waals surface area contributed by atoms with Gasteiger partial charge in [0.2, 0.25) is 5.95 Å². The first-order valence-electron chi connectivity index (χ1n) is 9.48. The molecule has 3 aromatic heterocycles. The molecule has 1 saturated carbocycles. The van der Waals surface area contributed by atoms with Gasteiger partial charge in [-0.25, -0.2) is 19.9 Å². The van der Waals surface area contributed by atoms with Crippen molar-refractivity contribution in [2.24, 2.45) is 0 Å². The molecule has 0 spiro atoms. The molecule has 9 heteroatoms. The Kier molecular flexibility index (Phi) is 4.27. The van der Waals surface area contributed by atoms with Crippen LogP contribution >= 0.6 is 0 Å². The molecule has 1 aliphatic carbocycles. The summed E-state index contributed by atoms with van der Waals surface area (Å²) in [5.41, 5.74) is 9.01. The highest BCUT2D eigenvalue weighted by molar-refractivity contribution is 5.71. The molecule has 1 aromatic carbocycles. The van der Waals surface area contributed by atoms with Crippen molar-refractivity contribution in [2.75, 3.05) is 5.73 Å². The van der Waals surface area contributed by atoms with Gasteiger partial charge in [-0.15, -0.1) is 0 Å². The van der Waals surface area contributed by atoms with Gasteiger partial charge in [0.15, 0.2) is 12.1 Å². The third-order valence-electron chi connectivity index (χ3n) is 5.52. The fraction of sp³-hybridized carbons (Fsp3) is 0.190. The van der Waals surface area contributed by atoms with E-state index in [9.17, 15) is 4.79 Å². The highest BCUT2D eigenvalue weighted by Crippen LogP contribution is 2.48. The minimum Gasteiger partial charge on any atom is -0.368 e. The Bertz CT molecular complexity index is 1180. The molecule has 0 unspecified atom stereocenters. The van der Waals surface area contributed by atoms with Gasteiger partial charge in [0, 0.05) is 18.0 Å². The Morgan fingerprint density at radius 3 is 2.30 bits per heavy atom. The minimum atomic E-state index is -0.284. The van der Waals surface area contributed by atoms with Crippen LogP contribution in [0, 0.1) is 0 Å². The van der Waals surface area contributed by atoms with Gasteiger partial charge in [0.1, 0.15) is 11.4 Å². The summed E-state index contributed by atoms with van der Waals surface area (Å²) in [6.07, 6.45) is 9.85. The van der Waals surface area contributed by atoms with Crippen LogP contribution in [0.1, 0.15) is 41.1 Å². The second kappa shape index (κ2) is 7.11. The third kappa shape index (κ3) is 3.00. The van der Waals surface area contributed by atoms with Gasteiger partial charge in [-0.1, -0.05) is 35.8 Å². The molecule has 0 atom stereocenters. The number of carbonyl (C=O) groups excluding carboxylic acids is 1. The molecular formula is C21H17N7O2. The van der Waals surface area contributed by atoms with Crippen LogP contribution in [0.2, 0.25) is 0 Å². The van der Waals surface area contributed by atoms with Crippen molar-refractivity contribution in [3.05, 3.63) is 66.1 Å². The molecule has 1 aliphatic rings. The maximum absolute atomic E-state index is 10.8. The zero-order chi connectivity index (χ0) is 20.6. The fourth-order valence-corrected chi connectivity index (χ4v) is 3.67. The SMILES string of the molecule is Nc1ncc(-c2ccc(C3(c4noc(-c5cnc(C=O)cn5)n4)CCC3)cc2)cn1. The Morgan fingerprint density at radius 2 is 1.70 bits per heavy atom. The predicted molar refractivity (Wildman–Crippen MR) is 107 cm³/mol. The molecule has 9 nitrogen and oxygen atoms in total. The predicted octanol–water partition coefficient (Wildman–Crippen LogP) is 2.85. The van der Waals surface area contributed by atoms with E-state index in [1.807, 2.05) is 12.1 Å². The van der Waals surface area contributed by atoms with Gasteiger partial charge < -0.3 is 10.3 Å². The number of anilines is 1. The lowest BCUT2D eigenvalue weighted by Crippen LogP contribution is -2.36. The maximum Gasteiger partial charge on any atom is 0.278 e. The minimum absolute atomic E-state index is 0.251. The molecule has 0 radical (unpaired) electrons. The molecule has 30 heavy (non-hydrogen) atoms. The van der Waals surface area contributed by atoms with E-state index in [0.717, 1.165) is 36.0 Å². The smallest absolute Gasteiger partial charge is 0.278 e. The van der Waals surface area contributed by atoms with Crippen molar-refractivity contribution in [3.63, 3.8) is 0 Å². The van der Waals surface area contributed by atoms with Crippen molar-refractivity contribution in [3.8, 4) is 22.7 Å². The van der Waals surface area contributed by atoms with Gasteiger partial charge in [0.25, 0.3) is 5.89 Å². The van der Waals surface area contributed by atoms with Gasteiger partial charge in [-0.2, -0.15) is 4.98 Å². The summed E-state index contributed by atoms with van der Waals surface area (Å²) in [5.74, 6) is 1.17. The number of carbonyl (C=O) groups is 1. The third-order valence-corrected chi connectivity index (χ3v) is 5.52. The van der Waals surface area contributed by atoms with Crippen molar-refractivity contribution >= 4 is 12.2 Å². The lowest BCUT2D eigenvalue weighted by atomic mass is 9.64. The Morgan fingerprint density at radius 1 is 0.933 bits per heavy atom. The highest BCUT2D eigenvalue weighted by atomic mass is 16.5. The topological polar surface area (TPSA) is 134 Å². The van der Waals surface area contributed by atoms with E-state index < -0.39 is 0 Å². The van der Waals surface area contributed by atoms with E-state index in [-0.39, 0.29) is 22.9 Å². The molecule has 0 bridgehead atoms. The van der Waals surface area contributed by atoms with Crippen molar-refractivity contribution in [2.45, 2.75) is 24.7 Å². The second-order valence-corrected chi connectivity index (χ2v) is 7.21. The van der Waals surface area contributed by atoms with Crippen LogP contribution in [0.5, 0.6) is 0 Å². The van der Waals surface area contributed by atoms with Gasteiger partial charge in [-0.05, 0) is 24.0 Å². The van der Waals surface area contributed by atoms with Crippen LogP contribution in [-0.2, 0) is 5.41 Å². The Labute approximate surface area is 171 Å². The van der Waals surface area contributed by atoms with E-state index in [4.69, 9.17) is 10.3 Å². The van der Waals surface area contributed by atoms with Crippen LogP contribution in [0.15, 0.2) is 53.6 Å². The van der Waals surface area contributed by atoms with Crippen LogP contribution in [-0.4, -0.2) is 36.4 Å². The zero-order valence-corrected chi connectivity index (χ0v) is 15.9. The summed E-state index contributed by atoms with van der Waals surface area (Å²) in [7, 11) is 0. The van der Waals surface area contributed by atoms with Crippen molar-refractivity contribution in [1.29, 1.82) is 0 Å². The standard InChI is InChI=1S/C21H17N7O2/c22-20-25-8-14(9-26-20)13-2-4-15(5-3-13)21(6-1-7-21)19-27-18(30-28-19)17-11-23-16(12-29)10-24-17/h2-5,8-12H,1,6-7H2,(H2,22,25,26). The summed E-state index contributed by atoms with van der Waals surface area (Å²) in [4.78, 5) is 31.6. The van der Waals surface area contributed by atoms with Crippen LogP contribution in [0.3, 0.4) is 0 Å². The molecular weight excluding hydrogens is 382 g/mol. The van der Waals surface area contributed by atoms with E-state index in [1.165, 1.54) is 12.4 Å². The first-order valence-corrected chi connectivity index (χ1v) is 9.48. The number of aromatic nitrogens is 6. The number of benzene rings is 1. The number of nitrogens with two attached hydrogens (primary N) is 1. The summed E-state index contributed by atoms with van der Waals surface area (Å²) in [6.45, 7) is 0. The molecule has 2 N–H and O–H groups in total. The number of aldehydes is 1. The highest BCUT2D eigenvalue weighted by Gasteiger charge is 2.44. The average Bonchev–Trinajstić information content (AvgIpc) is 3.24. The van der Waals surface area contributed by atoms with Gasteiger partial charge >= 0.3 is 0 Å². The van der Waals surface area contributed by atoms with Gasteiger partial charge in [0.05, 0.1) is 17.8 Å². The number of rotatable bonds is 5. The molecule has 148 valence electrons. The van der Waals surface area contributed by atoms with E-state index in [2.05, 4.69) is 42.2 Å². The number of nitrogen functional groups attached to an aromatic ring is 1. The van der Waals surface area contributed by atoms with Crippen LogP contribution < -0.4 is 5.73 Å². The average molecular weight is 399 g/mol. The number of hydrogen-bond donors (Lipinski definition) is 1. The monoisotopic (exact) mass is 399 g/mol. The molecule has 4 aromatic rings. The molecule has 0 aliphatic heterocycles. The lowest BCUT2D eigenvalue weighted by Gasteiger charge is -2.39. The molecule has 5 rings (SSSR count). The summed E-state index contributed by atoms with van der Waals surface area (Å²) in [5, 5.41) is 4.24. The van der Waals surface area contributed by atoms with E-state index in [0.29, 0.717) is 17.8 Å². The van der Waals surface area contributed by atoms with E-state index in [1.54, 1.807) is 12.4 Å². The van der Waals surface area contributed by atoms with Crippen LogP contribution in [0.4, 0.5) is 5.95 Å². The maximum atomic E-state index is 10.8. The fourth-order valence-electron chi connectivity index (χ4n) is 3.67. The number of hydrogen-bond acceptors (Lipinski definition) is 9. The quantitative estimate of drug-likeness (QED) is 0.503. The summed E-state index contributed by atoms with van der Waals surface area (Å²) >= 11 is 0. The van der Waals surface area contributed by atoms with Crippen molar-refractivity contribution in [1.82, 2.24) is 30.1 Å². The first-order chi connectivity index (χ1) is 14.7. The van der Waals surface area contributed by atoms with Crippen molar-refractivity contribution < 1.29 is 9.32 Å². The van der Waals surface area contributed by atoms with Crippen LogP contribution in [0.25, 0.3) is 22.7 Å².